The number of methoxy groups -OCH3 is 1. The van der Waals surface area contributed by atoms with Gasteiger partial charge in [-0.3, -0.25) is 9.59 Å². The summed E-state index contributed by atoms with van der Waals surface area (Å²) in [5, 5.41) is 10.9. The standard InChI is InChI=1S/C34H43ClN2O5/c1-4-7-22-16-26(35)11-13-27(22)25-20-37-19-24-9-12-28(24)31(41-3)8-5-6-15-36(2)33(38)18-29(34(39)40)23-10-14-32(42-21-25)30(37)17-23/h5,8,10-11,13-14,16-17,24-25,28-29,31H,4,6-7,9,12,15,18-21H2,1-3H3,(H,39,40)/b8-5+. The van der Waals surface area contributed by atoms with Gasteiger partial charge in [-0.25, -0.2) is 0 Å². The minimum atomic E-state index is -0.996. The number of anilines is 1. The molecule has 42 heavy (non-hydrogen) atoms. The van der Waals surface area contributed by atoms with Gasteiger partial charge in [-0.2, -0.15) is 0 Å². The SMILES string of the molecule is CCCc1cc(Cl)ccc1C1COc2ccc3cc2N(C1)CC1CCC1C(OC)/C=C/CCN(C)C(=O)CC3C(=O)O. The maximum atomic E-state index is 13.1. The second kappa shape index (κ2) is 13.5. The number of aliphatic carboxylic acids is 1. The Bertz CT molecular complexity index is 1310. The molecular weight excluding hydrogens is 552 g/mol. The number of carbonyl (C=O) groups excluding carboxylic acids is 1. The summed E-state index contributed by atoms with van der Waals surface area (Å²) in [7, 11) is 3.52. The van der Waals surface area contributed by atoms with Crippen molar-refractivity contribution in [3.8, 4) is 5.75 Å². The molecule has 1 fully saturated rings. The second-order valence-electron chi connectivity index (χ2n) is 12.1. The molecule has 5 rings (SSSR count). The predicted molar refractivity (Wildman–Crippen MR) is 166 cm³/mol. The highest BCUT2D eigenvalue weighted by molar-refractivity contribution is 6.30. The molecule has 1 N–H and O–H groups in total. The van der Waals surface area contributed by atoms with Crippen LogP contribution in [0.5, 0.6) is 5.75 Å². The highest BCUT2D eigenvalue weighted by Crippen LogP contribution is 2.43. The van der Waals surface area contributed by atoms with Crippen molar-refractivity contribution in [2.24, 2.45) is 11.8 Å². The Labute approximate surface area is 254 Å². The molecule has 8 heteroatoms. The molecule has 0 aromatic heterocycles. The Kier molecular flexibility index (Phi) is 9.79. The molecule has 1 saturated carbocycles. The van der Waals surface area contributed by atoms with Crippen molar-refractivity contribution < 1.29 is 24.2 Å². The van der Waals surface area contributed by atoms with E-state index >= 15 is 0 Å². The lowest BCUT2D eigenvalue weighted by Crippen LogP contribution is -2.44. The Morgan fingerprint density at radius 3 is 2.71 bits per heavy atom. The summed E-state index contributed by atoms with van der Waals surface area (Å²) in [5.41, 5.74) is 4.02. The molecule has 2 aromatic carbocycles. The summed E-state index contributed by atoms with van der Waals surface area (Å²) >= 11 is 6.40. The van der Waals surface area contributed by atoms with Crippen LogP contribution in [0.15, 0.2) is 48.6 Å². The number of carbonyl (C=O) groups is 2. The van der Waals surface area contributed by atoms with Crippen LogP contribution in [-0.4, -0.2) is 68.4 Å². The lowest BCUT2D eigenvalue weighted by Gasteiger charge is -2.43. The van der Waals surface area contributed by atoms with Gasteiger partial charge < -0.3 is 24.4 Å². The molecule has 5 atom stereocenters. The minimum Gasteiger partial charge on any atom is -0.491 e. The fraction of sp³-hybridized carbons (Fsp3) is 0.529. The van der Waals surface area contributed by atoms with Crippen molar-refractivity contribution in [3.63, 3.8) is 0 Å². The number of benzene rings is 2. The van der Waals surface area contributed by atoms with E-state index in [-0.39, 0.29) is 24.3 Å². The van der Waals surface area contributed by atoms with Crippen LogP contribution in [0.1, 0.15) is 67.6 Å². The zero-order chi connectivity index (χ0) is 29.8. The highest BCUT2D eigenvalue weighted by atomic mass is 35.5. The van der Waals surface area contributed by atoms with Gasteiger partial charge >= 0.3 is 5.97 Å². The first kappa shape index (κ1) is 30.4. The zero-order valence-corrected chi connectivity index (χ0v) is 25.7. The van der Waals surface area contributed by atoms with Gasteiger partial charge in [-0.15, -0.1) is 0 Å². The van der Waals surface area contributed by atoms with E-state index in [4.69, 9.17) is 21.1 Å². The molecule has 0 spiro atoms. The van der Waals surface area contributed by atoms with Gasteiger partial charge in [0.25, 0.3) is 0 Å². The van der Waals surface area contributed by atoms with Gasteiger partial charge in [0.15, 0.2) is 0 Å². The monoisotopic (exact) mass is 594 g/mol. The van der Waals surface area contributed by atoms with Crippen molar-refractivity contribution >= 4 is 29.2 Å². The van der Waals surface area contributed by atoms with Gasteiger partial charge in [0, 0.05) is 51.2 Å². The highest BCUT2D eigenvalue weighted by Gasteiger charge is 2.39. The van der Waals surface area contributed by atoms with Crippen molar-refractivity contribution in [2.75, 3.05) is 45.3 Å². The van der Waals surface area contributed by atoms with E-state index < -0.39 is 11.9 Å². The number of carboxylic acid groups (broad SMARTS) is 1. The number of ether oxygens (including phenoxy) is 2. The second-order valence-corrected chi connectivity index (χ2v) is 12.5. The molecule has 0 radical (unpaired) electrons. The molecular formula is C34H43ClN2O5. The number of aryl methyl sites for hydroxylation is 1. The Hall–Kier alpha value is -3.03. The summed E-state index contributed by atoms with van der Waals surface area (Å²) in [6, 6.07) is 11.8. The largest absolute Gasteiger partial charge is 0.491 e. The Balaban J connectivity index is 1.56. The van der Waals surface area contributed by atoms with E-state index in [2.05, 4.69) is 36.1 Å². The van der Waals surface area contributed by atoms with Crippen LogP contribution >= 0.6 is 11.6 Å². The molecule has 2 aromatic rings. The van der Waals surface area contributed by atoms with Crippen LogP contribution in [0.2, 0.25) is 5.02 Å². The number of rotatable bonds is 5. The van der Waals surface area contributed by atoms with Crippen molar-refractivity contribution in [1.82, 2.24) is 4.90 Å². The van der Waals surface area contributed by atoms with E-state index in [9.17, 15) is 14.7 Å². The lowest BCUT2D eigenvalue weighted by molar-refractivity contribution is -0.142. The fourth-order valence-electron chi connectivity index (χ4n) is 6.78. The Morgan fingerprint density at radius 2 is 2.00 bits per heavy atom. The third-order valence-corrected chi connectivity index (χ3v) is 9.59. The van der Waals surface area contributed by atoms with Crippen LogP contribution < -0.4 is 9.64 Å². The number of amides is 1. The molecule has 3 aliphatic rings. The first-order valence-electron chi connectivity index (χ1n) is 15.2. The normalized spacial score (nSPS) is 27.3. The van der Waals surface area contributed by atoms with Crippen LogP contribution in [0.4, 0.5) is 5.69 Å². The molecule has 2 aliphatic heterocycles. The number of fused-ring (bicyclic) bond motifs is 2. The molecule has 1 aliphatic carbocycles. The zero-order valence-electron chi connectivity index (χ0n) is 24.9. The summed E-state index contributed by atoms with van der Waals surface area (Å²) in [5.74, 6) is -0.416. The van der Waals surface area contributed by atoms with E-state index in [1.165, 1.54) is 11.1 Å². The van der Waals surface area contributed by atoms with E-state index in [0.29, 0.717) is 37.0 Å². The van der Waals surface area contributed by atoms with Crippen molar-refractivity contribution in [1.29, 1.82) is 0 Å². The van der Waals surface area contributed by atoms with Gasteiger partial charge in [-0.05, 0) is 78.5 Å². The lowest BCUT2D eigenvalue weighted by atomic mass is 9.70. The third-order valence-electron chi connectivity index (χ3n) is 9.36. The number of halogens is 1. The van der Waals surface area contributed by atoms with Crippen LogP contribution in [0.25, 0.3) is 0 Å². The number of hydrogen-bond acceptors (Lipinski definition) is 5. The topological polar surface area (TPSA) is 79.3 Å². The van der Waals surface area contributed by atoms with Crippen LogP contribution in [0.3, 0.4) is 0 Å². The first-order chi connectivity index (χ1) is 20.3. The van der Waals surface area contributed by atoms with Gasteiger partial charge in [0.2, 0.25) is 5.91 Å². The van der Waals surface area contributed by atoms with Crippen LogP contribution in [-0.2, 0) is 20.7 Å². The average molecular weight is 595 g/mol. The number of nitrogens with zero attached hydrogens (tertiary/aromatic N) is 2. The quantitative estimate of drug-likeness (QED) is 0.410. The number of carboxylic acids is 1. The smallest absolute Gasteiger partial charge is 0.311 e. The van der Waals surface area contributed by atoms with Gasteiger partial charge in [0.05, 0.1) is 24.3 Å². The molecule has 226 valence electrons. The van der Waals surface area contributed by atoms with Crippen molar-refractivity contribution in [2.45, 2.75) is 63.4 Å². The van der Waals surface area contributed by atoms with E-state index in [1.54, 1.807) is 19.1 Å². The minimum absolute atomic E-state index is 0.0197. The first-order valence-corrected chi connectivity index (χ1v) is 15.6. The maximum Gasteiger partial charge on any atom is 0.311 e. The molecule has 2 bridgehead atoms. The summed E-state index contributed by atoms with van der Waals surface area (Å²) in [6.45, 7) is 4.79. The summed E-state index contributed by atoms with van der Waals surface area (Å²) < 4.78 is 12.4. The maximum absolute atomic E-state index is 13.1. The molecule has 0 saturated heterocycles. The summed E-state index contributed by atoms with van der Waals surface area (Å²) in [4.78, 5) is 29.6. The molecule has 1 amide bonds. The van der Waals surface area contributed by atoms with Crippen LogP contribution in [0, 0.1) is 11.8 Å². The predicted octanol–water partition coefficient (Wildman–Crippen LogP) is 6.29. The molecule has 5 unspecified atom stereocenters. The van der Waals surface area contributed by atoms with E-state index in [1.807, 2.05) is 24.3 Å². The fourth-order valence-corrected chi connectivity index (χ4v) is 6.98. The van der Waals surface area contributed by atoms with Gasteiger partial charge in [-0.1, -0.05) is 49.2 Å². The molecule has 2 heterocycles. The Morgan fingerprint density at radius 1 is 1.17 bits per heavy atom. The van der Waals surface area contributed by atoms with Crippen molar-refractivity contribution in [3.05, 3.63) is 70.3 Å². The average Bonchev–Trinajstić information content (AvgIpc) is 3.13. The molecule has 7 nitrogen and oxygen atoms in total. The van der Waals surface area contributed by atoms with E-state index in [0.717, 1.165) is 55.2 Å². The third kappa shape index (κ3) is 6.63. The summed E-state index contributed by atoms with van der Waals surface area (Å²) in [6.07, 6.45) is 9.06. The number of hydrogen-bond donors (Lipinski definition) is 1. The van der Waals surface area contributed by atoms with Gasteiger partial charge in [0.1, 0.15) is 5.75 Å².